The molecule has 1 fully saturated rings. The number of aliphatic carboxylic acids is 1. The number of carboxylic acids is 1. The topological polar surface area (TPSA) is 78.4 Å². The van der Waals surface area contributed by atoms with Crippen LogP contribution >= 0.6 is 0 Å². The molecule has 5 heteroatoms. The summed E-state index contributed by atoms with van der Waals surface area (Å²) in [5.41, 5.74) is -1.22. The number of hydrogen-bond acceptors (Lipinski definition) is 2. The van der Waals surface area contributed by atoms with Crippen molar-refractivity contribution in [3.05, 3.63) is 0 Å². The Morgan fingerprint density at radius 3 is 2.29 bits per heavy atom. The van der Waals surface area contributed by atoms with Gasteiger partial charge in [-0.3, -0.25) is 0 Å². The van der Waals surface area contributed by atoms with Crippen molar-refractivity contribution in [1.29, 1.82) is 0 Å². The van der Waals surface area contributed by atoms with Crippen LogP contribution in [0.2, 0.25) is 0 Å². The van der Waals surface area contributed by atoms with E-state index < -0.39 is 17.5 Å². The molecule has 2 unspecified atom stereocenters. The van der Waals surface area contributed by atoms with Crippen LogP contribution in [-0.4, -0.2) is 28.7 Å². The van der Waals surface area contributed by atoms with E-state index in [-0.39, 0.29) is 6.04 Å². The average Bonchev–Trinajstić information content (AvgIpc) is 2.64. The van der Waals surface area contributed by atoms with Gasteiger partial charge in [0.2, 0.25) is 0 Å². The Morgan fingerprint density at radius 2 is 1.93 bits per heavy atom. The highest BCUT2D eigenvalue weighted by Gasteiger charge is 2.36. The highest BCUT2D eigenvalue weighted by atomic mass is 16.4. The van der Waals surface area contributed by atoms with Crippen LogP contribution < -0.4 is 10.6 Å². The Labute approximate surface area is 82.9 Å². The van der Waals surface area contributed by atoms with Gasteiger partial charge in [-0.05, 0) is 26.2 Å². The summed E-state index contributed by atoms with van der Waals surface area (Å²) < 4.78 is 0. The van der Waals surface area contributed by atoms with Crippen LogP contribution in [0.1, 0.15) is 27.2 Å². The summed E-state index contributed by atoms with van der Waals surface area (Å²) in [4.78, 5) is 22.0. The van der Waals surface area contributed by atoms with Crippen LogP contribution in [0.4, 0.5) is 4.79 Å². The Balaban J connectivity index is 2.36. The summed E-state index contributed by atoms with van der Waals surface area (Å²) in [6, 6.07) is -0.202. The molecule has 0 heterocycles. The first kappa shape index (κ1) is 10.8. The molecule has 80 valence electrons. The molecule has 2 atom stereocenters. The van der Waals surface area contributed by atoms with E-state index in [0.29, 0.717) is 5.92 Å². The van der Waals surface area contributed by atoms with E-state index >= 15 is 0 Å². The van der Waals surface area contributed by atoms with Gasteiger partial charge in [0.25, 0.3) is 0 Å². The van der Waals surface area contributed by atoms with Gasteiger partial charge in [-0.2, -0.15) is 0 Å². The van der Waals surface area contributed by atoms with Gasteiger partial charge in [-0.15, -0.1) is 0 Å². The number of carboxylic acid groups (broad SMARTS) is 1. The molecule has 3 N–H and O–H groups in total. The maximum Gasteiger partial charge on any atom is 0.328 e. The number of amides is 2. The molecule has 0 saturated heterocycles. The number of nitrogens with one attached hydrogen (secondary N) is 2. The number of urea groups is 1. The van der Waals surface area contributed by atoms with Crippen LogP contribution in [0.15, 0.2) is 0 Å². The number of rotatable bonds is 3. The monoisotopic (exact) mass is 200 g/mol. The van der Waals surface area contributed by atoms with E-state index in [0.717, 1.165) is 6.42 Å². The zero-order valence-electron chi connectivity index (χ0n) is 8.63. The van der Waals surface area contributed by atoms with Crippen molar-refractivity contribution in [3.8, 4) is 0 Å². The Hall–Kier alpha value is -1.26. The van der Waals surface area contributed by atoms with Gasteiger partial charge >= 0.3 is 12.0 Å². The highest BCUT2D eigenvalue weighted by molar-refractivity contribution is 5.85. The van der Waals surface area contributed by atoms with E-state index in [2.05, 4.69) is 10.6 Å². The fourth-order valence-corrected chi connectivity index (χ4v) is 1.06. The smallest absolute Gasteiger partial charge is 0.328 e. The van der Waals surface area contributed by atoms with Crippen molar-refractivity contribution in [2.75, 3.05) is 0 Å². The second-order valence-corrected chi connectivity index (χ2v) is 4.35. The average molecular weight is 200 g/mol. The van der Waals surface area contributed by atoms with Crippen LogP contribution in [-0.2, 0) is 4.79 Å². The van der Waals surface area contributed by atoms with Gasteiger partial charge in [-0.1, -0.05) is 6.92 Å². The van der Waals surface area contributed by atoms with E-state index in [1.807, 2.05) is 6.92 Å². The largest absolute Gasteiger partial charge is 0.480 e. The third kappa shape index (κ3) is 2.61. The zero-order valence-corrected chi connectivity index (χ0v) is 8.63. The van der Waals surface area contributed by atoms with E-state index in [9.17, 15) is 9.59 Å². The van der Waals surface area contributed by atoms with E-state index in [4.69, 9.17) is 5.11 Å². The molecule has 14 heavy (non-hydrogen) atoms. The van der Waals surface area contributed by atoms with Crippen molar-refractivity contribution in [2.45, 2.75) is 38.8 Å². The molecule has 0 aromatic heterocycles. The quantitative estimate of drug-likeness (QED) is 0.622. The molecule has 1 aliphatic carbocycles. The summed E-state index contributed by atoms with van der Waals surface area (Å²) in [5.74, 6) is -0.537. The van der Waals surface area contributed by atoms with Gasteiger partial charge in [0.05, 0.1) is 0 Å². The van der Waals surface area contributed by atoms with Crippen molar-refractivity contribution in [3.63, 3.8) is 0 Å². The minimum atomic E-state index is -1.22. The third-order valence-corrected chi connectivity index (χ3v) is 2.39. The molecule has 1 aliphatic rings. The summed E-state index contributed by atoms with van der Waals surface area (Å²) in [6.45, 7) is 4.93. The van der Waals surface area contributed by atoms with Gasteiger partial charge in [0.1, 0.15) is 5.54 Å². The molecule has 0 bridgehead atoms. The second kappa shape index (κ2) is 3.48. The lowest BCUT2D eigenvalue weighted by molar-refractivity contribution is -0.142. The van der Waals surface area contributed by atoms with Crippen LogP contribution in [0.5, 0.6) is 0 Å². The first-order valence-electron chi connectivity index (χ1n) is 4.65. The Kier molecular flexibility index (Phi) is 2.69. The normalized spacial score (nSPS) is 25.4. The summed E-state index contributed by atoms with van der Waals surface area (Å²) in [5, 5.41) is 13.8. The zero-order chi connectivity index (χ0) is 10.9. The van der Waals surface area contributed by atoms with Crippen molar-refractivity contribution < 1.29 is 14.7 Å². The predicted octanol–water partition coefficient (Wildman–Crippen LogP) is 0.557. The molecule has 0 aromatic carbocycles. The molecule has 1 rings (SSSR count). The van der Waals surface area contributed by atoms with Gasteiger partial charge in [0.15, 0.2) is 0 Å². The predicted molar refractivity (Wildman–Crippen MR) is 51.0 cm³/mol. The van der Waals surface area contributed by atoms with Crippen LogP contribution in [0, 0.1) is 5.92 Å². The molecule has 5 nitrogen and oxygen atoms in total. The fraction of sp³-hybridized carbons (Fsp3) is 0.778. The number of carbonyl (C=O) groups excluding carboxylic acids is 1. The lowest BCUT2D eigenvalue weighted by Gasteiger charge is -2.21. The van der Waals surface area contributed by atoms with Gasteiger partial charge in [0, 0.05) is 6.04 Å². The lowest BCUT2D eigenvalue weighted by Crippen LogP contribution is -2.53. The molecular weight excluding hydrogens is 184 g/mol. The van der Waals surface area contributed by atoms with Crippen LogP contribution in [0.25, 0.3) is 0 Å². The standard InChI is InChI=1S/C9H16N2O3/c1-5-4-6(5)10-8(14)11-9(2,3)7(12)13/h5-6H,4H2,1-3H3,(H,12,13)(H2,10,11,14). The SMILES string of the molecule is CC1CC1NC(=O)NC(C)(C)C(=O)O. The van der Waals surface area contributed by atoms with Gasteiger partial charge < -0.3 is 15.7 Å². The number of hydrogen-bond donors (Lipinski definition) is 3. The van der Waals surface area contributed by atoms with Crippen LogP contribution in [0.3, 0.4) is 0 Å². The summed E-state index contributed by atoms with van der Waals surface area (Å²) in [7, 11) is 0. The van der Waals surface area contributed by atoms with Crippen molar-refractivity contribution >= 4 is 12.0 Å². The first-order valence-corrected chi connectivity index (χ1v) is 4.65. The van der Waals surface area contributed by atoms with Gasteiger partial charge in [-0.25, -0.2) is 9.59 Å². The Morgan fingerprint density at radius 1 is 1.43 bits per heavy atom. The first-order chi connectivity index (χ1) is 6.33. The summed E-state index contributed by atoms with van der Waals surface area (Å²) in [6.07, 6.45) is 0.973. The van der Waals surface area contributed by atoms with E-state index in [1.54, 1.807) is 0 Å². The minimum Gasteiger partial charge on any atom is -0.480 e. The lowest BCUT2D eigenvalue weighted by atomic mass is 10.1. The molecule has 0 aromatic rings. The maximum atomic E-state index is 11.3. The Bertz CT molecular complexity index is 263. The molecule has 0 spiro atoms. The molecule has 2 amide bonds. The maximum absolute atomic E-state index is 11.3. The summed E-state index contributed by atoms with van der Waals surface area (Å²) >= 11 is 0. The third-order valence-electron chi connectivity index (χ3n) is 2.39. The molecular formula is C9H16N2O3. The highest BCUT2D eigenvalue weighted by Crippen LogP contribution is 2.28. The fourth-order valence-electron chi connectivity index (χ4n) is 1.06. The second-order valence-electron chi connectivity index (χ2n) is 4.35. The molecule has 1 saturated carbocycles. The number of carbonyl (C=O) groups is 2. The van der Waals surface area contributed by atoms with Crippen molar-refractivity contribution in [2.24, 2.45) is 5.92 Å². The molecule has 0 radical (unpaired) electrons. The van der Waals surface area contributed by atoms with E-state index in [1.165, 1.54) is 13.8 Å². The minimum absolute atomic E-state index is 0.208. The van der Waals surface area contributed by atoms with Crippen molar-refractivity contribution in [1.82, 2.24) is 10.6 Å². The molecule has 0 aliphatic heterocycles.